The molecule has 10 heteroatoms. The van der Waals surface area contributed by atoms with Gasteiger partial charge in [-0.15, -0.1) is 0 Å². The zero-order valence-electron chi connectivity index (χ0n) is 14.0. The van der Waals surface area contributed by atoms with Crippen LogP contribution in [0.1, 0.15) is 34.5 Å². The van der Waals surface area contributed by atoms with Crippen LogP contribution in [0.5, 0.6) is 0 Å². The Morgan fingerprint density at radius 2 is 2.00 bits per heavy atom. The number of benzene rings is 1. The average Bonchev–Trinajstić information content (AvgIpc) is 3.29. The summed E-state index contributed by atoms with van der Waals surface area (Å²) < 4.78 is 73.3. The molecule has 0 unspecified atom stereocenters. The second kappa shape index (κ2) is 6.01. The monoisotopic (exact) mass is 387 g/mol. The lowest BCUT2D eigenvalue weighted by molar-refractivity contribution is 0.0672. The van der Waals surface area contributed by atoms with Crippen molar-refractivity contribution in [1.29, 1.82) is 0 Å². The van der Waals surface area contributed by atoms with E-state index in [-0.39, 0.29) is 17.7 Å². The number of hydrogen-bond acceptors (Lipinski definition) is 3. The Kier molecular flexibility index (Phi) is 3.99. The summed E-state index contributed by atoms with van der Waals surface area (Å²) in [6, 6.07) is 1.06. The molecule has 1 aromatic carbocycles. The van der Waals surface area contributed by atoms with Crippen molar-refractivity contribution in [2.24, 2.45) is 7.05 Å². The number of hydrogen-bond donors (Lipinski definition) is 1. The van der Waals surface area contributed by atoms with Gasteiger partial charge >= 0.3 is 0 Å². The highest BCUT2D eigenvalue weighted by Gasteiger charge is 2.62. The molecular weight excluding hydrogens is 373 g/mol. The van der Waals surface area contributed by atoms with Gasteiger partial charge in [0.1, 0.15) is 5.69 Å². The molecule has 27 heavy (non-hydrogen) atoms. The molecule has 1 aromatic heterocycles. The van der Waals surface area contributed by atoms with Crippen LogP contribution in [0.2, 0.25) is 0 Å². The second-order valence-corrected chi connectivity index (χ2v) is 6.82. The molecule has 1 amide bonds. The molecular formula is C17H14F5N3O2. The molecule has 3 atom stereocenters. The number of halogens is 5. The first-order valence-corrected chi connectivity index (χ1v) is 8.12. The van der Waals surface area contributed by atoms with Gasteiger partial charge in [-0.3, -0.25) is 9.48 Å². The average molecular weight is 387 g/mol. The maximum atomic E-state index is 13.6. The van der Waals surface area contributed by atoms with E-state index in [1.54, 1.807) is 0 Å². The predicted octanol–water partition coefficient (Wildman–Crippen LogP) is 2.61. The Morgan fingerprint density at radius 3 is 2.59 bits per heavy atom. The first kappa shape index (κ1) is 17.9. The minimum absolute atomic E-state index is 0.0713. The van der Waals surface area contributed by atoms with E-state index in [0.717, 1.165) is 16.8 Å². The fourth-order valence-corrected chi connectivity index (χ4v) is 3.87. The molecule has 0 spiro atoms. The van der Waals surface area contributed by atoms with Crippen molar-refractivity contribution in [3.63, 3.8) is 0 Å². The second-order valence-electron chi connectivity index (χ2n) is 6.82. The van der Waals surface area contributed by atoms with Crippen molar-refractivity contribution in [2.75, 3.05) is 6.61 Å². The summed E-state index contributed by atoms with van der Waals surface area (Å²) in [6.07, 6.45) is -1.81. The van der Waals surface area contributed by atoms with Crippen LogP contribution >= 0.6 is 0 Å². The van der Waals surface area contributed by atoms with Gasteiger partial charge in [-0.25, -0.2) is 22.0 Å². The van der Waals surface area contributed by atoms with Gasteiger partial charge in [0, 0.05) is 18.7 Å². The number of carbonyl (C=O) groups excluding carboxylic acids is 1. The van der Waals surface area contributed by atoms with Crippen LogP contribution in [0, 0.1) is 17.5 Å². The number of aryl methyl sites for hydroxylation is 1. The molecule has 3 fully saturated rings. The van der Waals surface area contributed by atoms with Crippen LogP contribution in [-0.2, 0) is 17.2 Å². The largest absolute Gasteiger partial charge is 0.375 e. The van der Waals surface area contributed by atoms with Crippen molar-refractivity contribution in [3.8, 4) is 0 Å². The first-order valence-electron chi connectivity index (χ1n) is 8.12. The number of alkyl halides is 2. The highest BCUT2D eigenvalue weighted by Crippen LogP contribution is 2.52. The molecule has 1 saturated carbocycles. The molecule has 1 aliphatic carbocycles. The normalized spacial score (nSPS) is 26.3. The Morgan fingerprint density at radius 1 is 1.33 bits per heavy atom. The van der Waals surface area contributed by atoms with Crippen LogP contribution in [0.15, 0.2) is 18.3 Å². The third-order valence-electron chi connectivity index (χ3n) is 5.24. The van der Waals surface area contributed by atoms with Crippen molar-refractivity contribution in [1.82, 2.24) is 15.1 Å². The Labute approximate surface area is 150 Å². The highest BCUT2D eigenvalue weighted by atomic mass is 19.3. The van der Waals surface area contributed by atoms with E-state index >= 15 is 0 Å². The smallest absolute Gasteiger partial charge is 0.282 e. The van der Waals surface area contributed by atoms with Crippen molar-refractivity contribution < 1.29 is 31.5 Å². The molecule has 3 heterocycles. The lowest BCUT2D eigenvalue weighted by Crippen LogP contribution is -2.62. The van der Waals surface area contributed by atoms with Crippen LogP contribution in [0.4, 0.5) is 22.0 Å². The molecule has 3 aliphatic rings. The standard InChI is InChI=1S/C17H14F5N3O2/c1-25-5-8(13(24-25)15(21)22)16(26)23-14-11-4-17(14,6-27-11)7-2-9(18)12(20)10(19)3-7/h2-3,5,11,14-15H,4,6H2,1H3,(H,23,26)/t11-,14-,17-/m1/s1. The first-order chi connectivity index (χ1) is 12.7. The summed E-state index contributed by atoms with van der Waals surface area (Å²) in [7, 11) is 1.41. The summed E-state index contributed by atoms with van der Waals surface area (Å²) in [5, 5.41) is 6.19. The third-order valence-corrected chi connectivity index (χ3v) is 5.24. The van der Waals surface area contributed by atoms with E-state index in [1.165, 1.54) is 13.2 Å². The van der Waals surface area contributed by atoms with E-state index in [4.69, 9.17) is 4.74 Å². The fourth-order valence-electron chi connectivity index (χ4n) is 3.87. The summed E-state index contributed by atoms with van der Waals surface area (Å²) in [4.78, 5) is 12.5. The van der Waals surface area contributed by atoms with Gasteiger partial charge in [-0.1, -0.05) is 0 Å². The maximum Gasteiger partial charge on any atom is 0.282 e. The number of carbonyl (C=O) groups is 1. The summed E-state index contributed by atoms with van der Waals surface area (Å²) in [6.45, 7) is 0.0713. The maximum absolute atomic E-state index is 13.6. The summed E-state index contributed by atoms with van der Waals surface area (Å²) in [5.41, 5.74) is -1.73. The van der Waals surface area contributed by atoms with Crippen molar-refractivity contribution in [3.05, 3.63) is 52.6 Å². The van der Waals surface area contributed by atoms with Gasteiger partial charge in [0.05, 0.1) is 24.3 Å². The number of fused-ring (bicyclic) bond motifs is 1. The summed E-state index contributed by atoms with van der Waals surface area (Å²) in [5.74, 6) is -5.05. The predicted molar refractivity (Wildman–Crippen MR) is 81.8 cm³/mol. The zero-order valence-corrected chi connectivity index (χ0v) is 14.0. The fraction of sp³-hybridized carbons (Fsp3) is 0.412. The van der Waals surface area contributed by atoms with Crippen molar-refractivity contribution in [2.45, 2.75) is 30.4 Å². The number of aromatic nitrogens is 2. The topological polar surface area (TPSA) is 56.2 Å². The number of rotatable bonds is 4. The Balaban J connectivity index is 1.63. The lowest BCUT2D eigenvalue weighted by Gasteiger charge is -2.45. The molecule has 2 aromatic rings. The van der Waals surface area contributed by atoms with Gasteiger partial charge in [-0.2, -0.15) is 5.10 Å². The number of ether oxygens (including phenoxy) is 1. The molecule has 2 aliphatic heterocycles. The summed E-state index contributed by atoms with van der Waals surface area (Å²) >= 11 is 0. The SMILES string of the molecule is Cn1cc(C(=O)N[C@@H]2[C@H]3C[C@]2(c2cc(F)c(F)c(F)c2)CO3)c(C(F)F)n1. The molecule has 144 valence electrons. The van der Waals surface area contributed by atoms with Crippen LogP contribution in [-0.4, -0.2) is 34.4 Å². The van der Waals surface area contributed by atoms with E-state index in [1.807, 2.05) is 0 Å². The lowest BCUT2D eigenvalue weighted by atomic mass is 9.61. The molecule has 0 radical (unpaired) electrons. The van der Waals surface area contributed by atoms with E-state index in [9.17, 15) is 26.7 Å². The third kappa shape index (κ3) is 2.61. The van der Waals surface area contributed by atoms with Crippen LogP contribution in [0.3, 0.4) is 0 Å². The number of nitrogens with zero attached hydrogens (tertiary/aromatic N) is 2. The van der Waals surface area contributed by atoms with Gasteiger partial charge in [0.25, 0.3) is 12.3 Å². The molecule has 5 rings (SSSR count). The van der Waals surface area contributed by atoms with Gasteiger partial charge in [0.15, 0.2) is 17.5 Å². The number of nitrogens with one attached hydrogen (secondary N) is 1. The molecule has 2 saturated heterocycles. The molecule has 1 N–H and O–H groups in total. The van der Waals surface area contributed by atoms with Gasteiger partial charge < -0.3 is 10.1 Å². The minimum Gasteiger partial charge on any atom is -0.375 e. The van der Waals surface area contributed by atoms with Gasteiger partial charge in [0.2, 0.25) is 0 Å². The van der Waals surface area contributed by atoms with Crippen molar-refractivity contribution >= 4 is 5.91 Å². The zero-order chi connectivity index (χ0) is 19.5. The molecule has 2 bridgehead atoms. The van der Waals surface area contributed by atoms with E-state index in [2.05, 4.69) is 10.4 Å². The quantitative estimate of drug-likeness (QED) is 0.648. The van der Waals surface area contributed by atoms with E-state index < -0.39 is 53.0 Å². The minimum atomic E-state index is -2.93. The van der Waals surface area contributed by atoms with E-state index in [0.29, 0.717) is 6.42 Å². The Hall–Kier alpha value is -2.49. The van der Waals surface area contributed by atoms with Crippen LogP contribution in [0.25, 0.3) is 0 Å². The van der Waals surface area contributed by atoms with Gasteiger partial charge in [-0.05, 0) is 24.1 Å². The Bertz CT molecular complexity index is 904. The molecule has 5 nitrogen and oxygen atoms in total. The van der Waals surface area contributed by atoms with Crippen LogP contribution < -0.4 is 5.32 Å². The highest BCUT2D eigenvalue weighted by molar-refractivity contribution is 5.95. The number of amides is 1.